The first kappa shape index (κ1) is 11.4. The van der Waals surface area contributed by atoms with Gasteiger partial charge >= 0.3 is 0 Å². The molecule has 0 unspecified atom stereocenters. The van der Waals surface area contributed by atoms with Crippen LogP contribution in [0.3, 0.4) is 0 Å². The third-order valence-electron chi connectivity index (χ3n) is 3.88. The fourth-order valence-corrected chi connectivity index (χ4v) is 2.66. The summed E-state index contributed by atoms with van der Waals surface area (Å²) in [4.78, 5) is 11.8. The van der Waals surface area contributed by atoms with Crippen molar-refractivity contribution in [1.29, 1.82) is 0 Å². The Labute approximate surface area is 117 Å². The lowest BCUT2D eigenvalue weighted by atomic mass is 10.1. The number of carbonyl (C=O) groups excluding carboxylic acids is 1. The van der Waals surface area contributed by atoms with Crippen molar-refractivity contribution < 1.29 is 4.79 Å². The van der Waals surface area contributed by atoms with Crippen LogP contribution in [0.15, 0.2) is 53.6 Å². The van der Waals surface area contributed by atoms with Crippen LogP contribution in [0.25, 0.3) is 11.1 Å². The normalized spacial score (nSPS) is 15.5. The highest BCUT2D eigenvalue weighted by Gasteiger charge is 2.30. The number of amides is 1. The summed E-state index contributed by atoms with van der Waals surface area (Å²) in [6.07, 6.45) is 1.98. The zero-order valence-electron chi connectivity index (χ0n) is 11.0. The smallest absolute Gasteiger partial charge is 0.243 e. The standard InChI is InChI=1S/C17H14N2O/c20-17(11-9-10-11)19-18-16-14-7-3-1-5-12(14)13-6-2-4-8-15(13)16/h1-8,11H,9-10H2,(H,19,20). The molecule has 0 saturated heterocycles. The zero-order valence-corrected chi connectivity index (χ0v) is 11.0. The Morgan fingerprint density at radius 1 is 0.900 bits per heavy atom. The molecule has 20 heavy (non-hydrogen) atoms. The van der Waals surface area contributed by atoms with Gasteiger partial charge in [0.05, 0.1) is 5.71 Å². The van der Waals surface area contributed by atoms with E-state index in [1.807, 2.05) is 24.3 Å². The van der Waals surface area contributed by atoms with Gasteiger partial charge in [0.25, 0.3) is 0 Å². The summed E-state index contributed by atoms with van der Waals surface area (Å²) in [7, 11) is 0. The molecule has 0 aromatic heterocycles. The van der Waals surface area contributed by atoms with Crippen LogP contribution >= 0.6 is 0 Å². The SMILES string of the molecule is O=C(NN=C1c2ccccc2-c2ccccc21)C1CC1. The predicted molar refractivity (Wildman–Crippen MR) is 78.4 cm³/mol. The molecular formula is C17H14N2O. The van der Waals surface area contributed by atoms with Crippen LogP contribution in [0.4, 0.5) is 0 Å². The Kier molecular flexibility index (Phi) is 2.46. The number of benzene rings is 2. The summed E-state index contributed by atoms with van der Waals surface area (Å²) in [5.74, 6) is 0.214. The minimum absolute atomic E-state index is 0.0411. The Hall–Kier alpha value is -2.42. The predicted octanol–water partition coefficient (Wildman–Crippen LogP) is 2.95. The molecule has 3 nitrogen and oxygen atoms in total. The highest BCUT2D eigenvalue weighted by molar-refractivity contribution is 6.24. The van der Waals surface area contributed by atoms with Crippen molar-refractivity contribution in [3.63, 3.8) is 0 Å². The molecule has 0 radical (unpaired) electrons. The number of fused-ring (bicyclic) bond motifs is 3. The van der Waals surface area contributed by atoms with E-state index < -0.39 is 0 Å². The number of nitrogens with one attached hydrogen (secondary N) is 1. The lowest BCUT2D eigenvalue weighted by Gasteiger charge is -2.02. The van der Waals surface area contributed by atoms with Crippen LogP contribution in [0, 0.1) is 5.92 Å². The summed E-state index contributed by atoms with van der Waals surface area (Å²) in [5, 5.41) is 4.38. The number of carbonyl (C=O) groups is 1. The molecule has 2 aliphatic carbocycles. The second-order valence-electron chi connectivity index (χ2n) is 5.30. The van der Waals surface area contributed by atoms with E-state index in [-0.39, 0.29) is 11.8 Å². The number of hydrogen-bond donors (Lipinski definition) is 1. The van der Waals surface area contributed by atoms with Gasteiger partial charge in [0.2, 0.25) is 5.91 Å². The number of hydrazone groups is 1. The highest BCUT2D eigenvalue weighted by atomic mass is 16.2. The molecule has 2 aromatic carbocycles. The maximum Gasteiger partial charge on any atom is 0.243 e. The van der Waals surface area contributed by atoms with Gasteiger partial charge in [-0.1, -0.05) is 48.5 Å². The van der Waals surface area contributed by atoms with E-state index in [4.69, 9.17) is 0 Å². The van der Waals surface area contributed by atoms with Crippen LogP contribution in [0.1, 0.15) is 24.0 Å². The molecule has 1 saturated carbocycles. The molecule has 0 bridgehead atoms. The second-order valence-corrected chi connectivity index (χ2v) is 5.30. The van der Waals surface area contributed by atoms with Gasteiger partial charge in [-0.2, -0.15) is 5.10 Å². The van der Waals surface area contributed by atoms with Gasteiger partial charge in [0.15, 0.2) is 0 Å². The van der Waals surface area contributed by atoms with Gasteiger partial charge in [-0.05, 0) is 24.0 Å². The van der Waals surface area contributed by atoms with Crippen molar-refractivity contribution in [3.05, 3.63) is 59.7 Å². The fraction of sp³-hybridized carbons (Fsp3) is 0.176. The van der Waals surface area contributed by atoms with E-state index in [0.717, 1.165) is 29.7 Å². The first-order valence-corrected chi connectivity index (χ1v) is 6.91. The molecule has 1 fully saturated rings. The Bertz CT molecular complexity index is 682. The third kappa shape index (κ3) is 1.74. The molecule has 1 N–H and O–H groups in total. The summed E-state index contributed by atoms with van der Waals surface area (Å²) < 4.78 is 0. The molecule has 4 rings (SSSR count). The van der Waals surface area contributed by atoms with E-state index >= 15 is 0 Å². The van der Waals surface area contributed by atoms with E-state index in [0.29, 0.717) is 0 Å². The van der Waals surface area contributed by atoms with Gasteiger partial charge in [-0.15, -0.1) is 0 Å². The van der Waals surface area contributed by atoms with Crippen LogP contribution in [-0.4, -0.2) is 11.6 Å². The molecule has 2 aliphatic rings. The van der Waals surface area contributed by atoms with Crippen LogP contribution in [-0.2, 0) is 4.79 Å². The number of nitrogens with zero attached hydrogens (tertiary/aromatic N) is 1. The topological polar surface area (TPSA) is 41.5 Å². The largest absolute Gasteiger partial charge is 0.273 e. The lowest BCUT2D eigenvalue weighted by Crippen LogP contribution is -2.21. The average molecular weight is 262 g/mol. The quantitative estimate of drug-likeness (QED) is 0.709. The molecule has 98 valence electrons. The zero-order chi connectivity index (χ0) is 13.5. The molecule has 0 atom stereocenters. The maximum atomic E-state index is 11.8. The van der Waals surface area contributed by atoms with Crippen LogP contribution in [0.5, 0.6) is 0 Å². The monoisotopic (exact) mass is 262 g/mol. The van der Waals surface area contributed by atoms with Crippen molar-refractivity contribution in [3.8, 4) is 11.1 Å². The van der Waals surface area contributed by atoms with Crippen molar-refractivity contribution in [2.45, 2.75) is 12.8 Å². The van der Waals surface area contributed by atoms with E-state index in [9.17, 15) is 4.79 Å². The summed E-state index contributed by atoms with van der Waals surface area (Å²) >= 11 is 0. The first-order chi connectivity index (χ1) is 9.84. The minimum Gasteiger partial charge on any atom is -0.273 e. The van der Waals surface area contributed by atoms with Crippen molar-refractivity contribution >= 4 is 11.6 Å². The van der Waals surface area contributed by atoms with Crippen molar-refractivity contribution in [2.24, 2.45) is 11.0 Å². The molecule has 0 spiro atoms. The summed E-state index contributed by atoms with van der Waals surface area (Å²) in [5.41, 5.74) is 8.12. The van der Waals surface area contributed by atoms with E-state index in [2.05, 4.69) is 34.8 Å². The second kappa shape index (κ2) is 4.30. The highest BCUT2D eigenvalue weighted by Crippen LogP contribution is 2.36. The molecule has 3 heteroatoms. The van der Waals surface area contributed by atoms with Crippen LogP contribution in [0.2, 0.25) is 0 Å². The first-order valence-electron chi connectivity index (χ1n) is 6.91. The Morgan fingerprint density at radius 3 is 1.90 bits per heavy atom. The van der Waals surface area contributed by atoms with Gasteiger partial charge in [-0.25, -0.2) is 5.43 Å². The Morgan fingerprint density at radius 2 is 1.40 bits per heavy atom. The number of rotatable bonds is 2. The van der Waals surface area contributed by atoms with Gasteiger partial charge in [0, 0.05) is 17.0 Å². The summed E-state index contributed by atoms with van der Waals surface area (Å²) in [6, 6.07) is 16.4. The molecule has 0 heterocycles. The molecular weight excluding hydrogens is 248 g/mol. The lowest BCUT2D eigenvalue weighted by molar-refractivity contribution is -0.122. The van der Waals surface area contributed by atoms with Crippen molar-refractivity contribution in [1.82, 2.24) is 5.43 Å². The van der Waals surface area contributed by atoms with Crippen LogP contribution < -0.4 is 5.43 Å². The third-order valence-corrected chi connectivity index (χ3v) is 3.88. The summed E-state index contributed by atoms with van der Waals surface area (Å²) in [6.45, 7) is 0. The molecule has 1 amide bonds. The maximum absolute atomic E-state index is 11.8. The van der Waals surface area contributed by atoms with Gasteiger partial charge in [0.1, 0.15) is 0 Å². The van der Waals surface area contributed by atoms with Gasteiger partial charge in [-0.3, -0.25) is 4.79 Å². The molecule has 0 aliphatic heterocycles. The molecule has 2 aromatic rings. The number of hydrogen-bond acceptors (Lipinski definition) is 2. The average Bonchev–Trinajstić information content (AvgIpc) is 3.29. The fourth-order valence-electron chi connectivity index (χ4n) is 2.66. The Balaban J connectivity index is 1.78. The van der Waals surface area contributed by atoms with E-state index in [1.54, 1.807) is 0 Å². The minimum atomic E-state index is 0.0411. The van der Waals surface area contributed by atoms with Crippen molar-refractivity contribution in [2.75, 3.05) is 0 Å². The van der Waals surface area contributed by atoms with Gasteiger partial charge < -0.3 is 0 Å². The van der Waals surface area contributed by atoms with E-state index in [1.165, 1.54) is 11.1 Å².